The number of furan rings is 1. The van der Waals surface area contributed by atoms with Crippen LogP contribution in [-0.2, 0) is 15.8 Å². The van der Waals surface area contributed by atoms with Crippen molar-refractivity contribution in [2.45, 2.75) is 26.1 Å². The molecule has 3 aromatic rings. The smallest absolute Gasteiger partial charge is 0.416 e. The number of hydrogen-bond donors (Lipinski definition) is 1. The monoisotopic (exact) mass is 485 g/mol. The van der Waals surface area contributed by atoms with Crippen LogP contribution < -0.4 is 9.64 Å². The summed E-state index contributed by atoms with van der Waals surface area (Å²) < 4.78 is 50.2. The van der Waals surface area contributed by atoms with E-state index in [1.165, 1.54) is 12.3 Å². The zero-order valence-corrected chi connectivity index (χ0v) is 18.9. The van der Waals surface area contributed by atoms with Crippen molar-refractivity contribution in [3.63, 3.8) is 0 Å². The van der Waals surface area contributed by atoms with Gasteiger partial charge in [-0.1, -0.05) is 26.0 Å². The minimum Gasteiger partial charge on any atom is -0.507 e. The fourth-order valence-corrected chi connectivity index (χ4v) is 3.78. The number of nitrogens with zero attached hydrogens (tertiary/aromatic N) is 1. The normalized spacial score (nSPS) is 17.9. The van der Waals surface area contributed by atoms with Gasteiger partial charge in [0.1, 0.15) is 23.3 Å². The maximum Gasteiger partial charge on any atom is 0.416 e. The first kappa shape index (κ1) is 24.1. The summed E-state index contributed by atoms with van der Waals surface area (Å²) in [5, 5.41) is 11.1. The summed E-state index contributed by atoms with van der Waals surface area (Å²) in [4.78, 5) is 27.1. The minimum atomic E-state index is -4.56. The molecular formula is C26H22F3NO5. The Morgan fingerprint density at radius 2 is 1.80 bits per heavy atom. The van der Waals surface area contributed by atoms with Crippen LogP contribution in [-0.4, -0.2) is 23.4 Å². The van der Waals surface area contributed by atoms with Gasteiger partial charge in [-0.05, 0) is 54.4 Å². The highest BCUT2D eigenvalue weighted by Gasteiger charge is 2.48. The first-order valence-corrected chi connectivity index (χ1v) is 10.8. The number of ketones is 1. The molecule has 0 aliphatic carbocycles. The number of rotatable bonds is 6. The molecule has 1 N–H and O–H groups in total. The van der Waals surface area contributed by atoms with Crippen LogP contribution in [0.3, 0.4) is 0 Å². The third kappa shape index (κ3) is 4.80. The topological polar surface area (TPSA) is 80.0 Å². The molecule has 0 saturated carbocycles. The molecule has 0 radical (unpaired) electrons. The Morgan fingerprint density at radius 1 is 1.09 bits per heavy atom. The largest absolute Gasteiger partial charge is 0.507 e. The van der Waals surface area contributed by atoms with E-state index < -0.39 is 35.2 Å². The highest BCUT2D eigenvalue weighted by atomic mass is 19.4. The van der Waals surface area contributed by atoms with E-state index in [0.717, 1.165) is 29.2 Å². The van der Waals surface area contributed by atoms with Gasteiger partial charge in [-0.25, -0.2) is 0 Å². The molecule has 2 aromatic carbocycles. The van der Waals surface area contributed by atoms with E-state index in [-0.39, 0.29) is 28.5 Å². The lowest BCUT2D eigenvalue weighted by molar-refractivity contribution is -0.137. The molecule has 1 fully saturated rings. The maximum atomic E-state index is 13.1. The number of halogens is 3. The van der Waals surface area contributed by atoms with E-state index in [0.29, 0.717) is 12.4 Å². The van der Waals surface area contributed by atoms with Crippen LogP contribution in [0.1, 0.15) is 36.8 Å². The van der Waals surface area contributed by atoms with Gasteiger partial charge in [0.25, 0.3) is 11.7 Å². The van der Waals surface area contributed by atoms with E-state index >= 15 is 0 Å². The lowest BCUT2D eigenvalue weighted by Gasteiger charge is -2.23. The van der Waals surface area contributed by atoms with E-state index in [2.05, 4.69) is 0 Å². The summed E-state index contributed by atoms with van der Waals surface area (Å²) in [7, 11) is 0. The lowest BCUT2D eigenvalue weighted by atomic mass is 9.99. The molecule has 0 spiro atoms. The summed E-state index contributed by atoms with van der Waals surface area (Å²) in [6, 6.07) is 12.2. The number of aliphatic hydroxyl groups excluding tert-OH is 1. The Hall–Kier alpha value is -4.01. The van der Waals surface area contributed by atoms with Crippen LogP contribution in [0.4, 0.5) is 18.9 Å². The van der Waals surface area contributed by atoms with Gasteiger partial charge in [-0.3, -0.25) is 14.5 Å². The SMILES string of the molecule is CC(C)COc1cccc(/C(O)=C2/C(=O)C(=O)N(c3ccc(C(F)(F)F)cc3)C2c2ccco2)c1. The molecular weight excluding hydrogens is 463 g/mol. The Bertz CT molecular complexity index is 1260. The fraction of sp³-hybridized carbons (Fsp3) is 0.231. The number of benzene rings is 2. The second kappa shape index (κ2) is 9.32. The molecule has 1 unspecified atom stereocenters. The third-order valence-electron chi connectivity index (χ3n) is 5.42. The quantitative estimate of drug-likeness (QED) is 0.265. The number of aliphatic hydroxyl groups is 1. The summed E-state index contributed by atoms with van der Waals surface area (Å²) in [5.41, 5.74) is -0.848. The van der Waals surface area contributed by atoms with Gasteiger partial charge in [-0.2, -0.15) is 13.2 Å². The van der Waals surface area contributed by atoms with Gasteiger partial charge in [0.2, 0.25) is 0 Å². The van der Waals surface area contributed by atoms with Crippen LogP contribution in [0.5, 0.6) is 5.75 Å². The first-order chi connectivity index (χ1) is 16.6. The lowest BCUT2D eigenvalue weighted by Crippen LogP contribution is -2.29. The average molecular weight is 485 g/mol. The fourth-order valence-electron chi connectivity index (χ4n) is 3.78. The van der Waals surface area contributed by atoms with Crippen LogP contribution in [0.25, 0.3) is 5.76 Å². The molecule has 9 heteroatoms. The number of carbonyl (C=O) groups excluding carboxylic acids is 2. The zero-order chi connectivity index (χ0) is 25.3. The van der Waals surface area contributed by atoms with Crippen molar-refractivity contribution in [3.8, 4) is 5.75 Å². The van der Waals surface area contributed by atoms with E-state index in [9.17, 15) is 27.9 Å². The highest BCUT2D eigenvalue weighted by Crippen LogP contribution is 2.43. The van der Waals surface area contributed by atoms with Crippen molar-refractivity contribution in [1.29, 1.82) is 0 Å². The van der Waals surface area contributed by atoms with Crippen molar-refractivity contribution in [2.24, 2.45) is 5.92 Å². The molecule has 182 valence electrons. The van der Waals surface area contributed by atoms with Gasteiger partial charge in [-0.15, -0.1) is 0 Å². The van der Waals surface area contributed by atoms with Crippen molar-refractivity contribution in [1.82, 2.24) is 0 Å². The van der Waals surface area contributed by atoms with Crippen LogP contribution in [0, 0.1) is 5.92 Å². The van der Waals surface area contributed by atoms with E-state index in [4.69, 9.17) is 9.15 Å². The van der Waals surface area contributed by atoms with Crippen LogP contribution >= 0.6 is 0 Å². The highest BCUT2D eigenvalue weighted by molar-refractivity contribution is 6.51. The molecule has 1 aromatic heterocycles. The Kier molecular flexibility index (Phi) is 6.43. The van der Waals surface area contributed by atoms with Crippen molar-refractivity contribution in [3.05, 3.63) is 89.4 Å². The second-order valence-electron chi connectivity index (χ2n) is 8.46. The predicted molar refractivity (Wildman–Crippen MR) is 122 cm³/mol. The molecule has 35 heavy (non-hydrogen) atoms. The number of amides is 1. The van der Waals surface area contributed by atoms with Crippen molar-refractivity contribution < 1.29 is 37.0 Å². The summed E-state index contributed by atoms with van der Waals surface area (Å²) in [5.74, 6) is -1.54. The van der Waals surface area contributed by atoms with Gasteiger partial charge in [0.15, 0.2) is 0 Å². The minimum absolute atomic E-state index is 0.0505. The van der Waals surface area contributed by atoms with Gasteiger partial charge in [0, 0.05) is 11.3 Å². The van der Waals surface area contributed by atoms with E-state index in [1.54, 1.807) is 30.3 Å². The molecule has 1 saturated heterocycles. The molecule has 2 heterocycles. The molecule has 6 nitrogen and oxygen atoms in total. The third-order valence-corrected chi connectivity index (χ3v) is 5.42. The standard InChI is InChI=1S/C26H22F3NO5/c1-15(2)14-35-19-6-3-5-16(13-19)23(31)21-22(20-7-4-12-34-20)30(25(33)24(21)32)18-10-8-17(9-11-18)26(27,28)29/h3-13,15,22,31H,14H2,1-2H3/b23-21-. The molecule has 1 amide bonds. The molecule has 1 atom stereocenters. The number of anilines is 1. The summed E-state index contributed by atoms with van der Waals surface area (Å²) in [6.45, 7) is 4.40. The number of Topliss-reactive ketones (excluding diaryl/α,β-unsaturated/α-hetero) is 1. The summed E-state index contributed by atoms with van der Waals surface area (Å²) >= 11 is 0. The van der Waals surface area contributed by atoms with Gasteiger partial charge < -0.3 is 14.3 Å². The first-order valence-electron chi connectivity index (χ1n) is 10.8. The van der Waals surface area contributed by atoms with Crippen LogP contribution in [0.2, 0.25) is 0 Å². The molecule has 1 aliphatic heterocycles. The molecule has 1 aliphatic rings. The van der Waals surface area contributed by atoms with Crippen molar-refractivity contribution >= 4 is 23.1 Å². The average Bonchev–Trinajstić information content (AvgIpc) is 3.44. The Balaban J connectivity index is 1.80. The Morgan fingerprint density at radius 3 is 2.40 bits per heavy atom. The van der Waals surface area contributed by atoms with Gasteiger partial charge >= 0.3 is 6.18 Å². The molecule has 4 rings (SSSR count). The molecule has 0 bridgehead atoms. The van der Waals surface area contributed by atoms with Crippen LogP contribution in [0.15, 0.2) is 76.9 Å². The number of hydrogen-bond acceptors (Lipinski definition) is 5. The number of ether oxygens (including phenoxy) is 1. The number of alkyl halides is 3. The predicted octanol–water partition coefficient (Wildman–Crippen LogP) is 5.96. The van der Waals surface area contributed by atoms with E-state index in [1.807, 2.05) is 13.8 Å². The maximum absolute atomic E-state index is 13.1. The zero-order valence-electron chi connectivity index (χ0n) is 18.9. The summed E-state index contributed by atoms with van der Waals surface area (Å²) in [6.07, 6.45) is -3.22. The van der Waals surface area contributed by atoms with Crippen molar-refractivity contribution in [2.75, 3.05) is 11.5 Å². The Labute approximate surface area is 199 Å². The number of carbonyl (C=O) groups is 2. The van der Waals surface area contributed by atoms with Gasteiger partial charge in [0.05, 0.1) is 24.0 Å². The second-order valence-corrected chi connectivity index (χ2v) is 8.46.